The van der Waals surface area contributed by atoms with Crippen LogP contribution >= 0.6 is 0 Å². The van der Waals surface area contributed by atoms with E-state index in [0.717, 1.165) is 25.0 Å². The molecule has 0 bridgehead atoms. The molecule has 3 N–H and O–H groups in total. The highest BCUT2D eigenvalue weighted by atomic mass is 16.4. The maximum atomic E-state index is 10.1. The van der Waals surface area contributed by atoms with E-state index in [1.807, 2.05) is 0 Å². The van der Waals surface area contributed by atoms with E-state index in [9.17, 15) is 14.4 Å². The predicted octanol–water partition coefficient (Wildman–Crippen LogP) is 3.73. The number of hydrogen-bond acceptors (Lipinski definition) is 3. The fourth-order valence-corrected chi connectivity index (χ4v) is 1.23. The third kappa shape index (κ3) is 43.0. The Morgan fingerprint density at radius 1 is 0.773 bits per heavy atom. The minimum atomic E-state index is -0.981. The molecular weight excluding hydrogens is 288 g/mol. The number of unbranched alkanes of at least 4 members (excludes halogenated alkanes) is 6. The zero-order chi connectivity index (χ0) is 17.8. The molecular formula is C16H28O6. The summed E-state index contributed by atoms with van der Waals surface area (Å²) < 4.78 is 0. The first-order valence-electron chi connectivity index (χ1n) is 7.24. The van der Waals surface area contributed by atoms with Gasteiger partial charge in [0.05, 0.1) is 0 Å². The summed E-state index contributed by atoms with van der Waals surface area (Å²) in [7, 11) is 0. The molecule has 0 aromatic heterocycles. The minimum absolute atomic E-state index is 0.341. The van der Waals surface area contributed by atoms with Crippen LogP contribution in [-0.2, 0) is 14.4 Å². The lowest BCUT2D eigenvalue weighted by atomic mass is 10.1. The van der Waals surface area contributed by atoms with Gasteiger partial charge < -0.3 is 15.3 Å². The fourth-order valence-electron chi connectivity index (χ4n) is 1.23. The van der Waals surface area contributed by atoms with Crippen LogP contribution < -0.4 is 0 Å². The molecule has 0 saturated carbocycles. The number of carboxylic acid groups (broad SMARTS) is 3. The van der Waals surface area contributed by atoms with Gasteiger partial charge in [-0.15, -0.1) is 0 Å². The van der Waals surface area contributed by atoms with Gasteiger partial charge in [0.25, 0.3) is 0 Å². The first-order valence-corrected chi connectivity index (χ1v) is 7.24. The standard InChI is InChI=1S/C10H20O2.2C3H4O2/c1-2-3-4-5-6-7-8-9-10(11)12;2*1-2-3(4)5/h2-9H2,1H3,(H,11,12);2*2H,1H2,(H,4,5). The smallest absolute Gasteiger partial charge is 0.327 e. The van der Waals surface area contributed by atoms with E-state index in [1.165, 1.54) is 32.1 Å². The third-order valence-electron chi connectivity index (χ3n) is 2.34. The lowest BCUT2D eigenvalue weighted by Crippen LogP contribution is -1.93. The molecule has 0 aromatic carbocycles. The van der Waals surface area contributed by atoms with Gasteiger partial charge in [-0.3, -0.25) is 4.79 Å². The largest absolute Gasteiger partial charge is 0.481 e. The third-order valence-corrected chi connectivity index (χ3v) is 2.34. The maximum absolute atomic E-state index is 10.1. The van der Waals surface area contributed by atoms with Crippen molar-refractivity contribution in [2.45, 2.75) is 58.3 Å². The second-order valence-electron chi connectivity index (χ2n) is 4.35. The SMILES string of the molecule is C=CC(=O)O.C=CC(=O)O.CCCCCCCCCC(=O)O. The van der Waals surface area contributed by atoms with E-state index in [-0.39, 0.29) is 0 Å². The van der Waals surface area contributed by atoms with Gasteiger partial charge in [-0.05, 0) is 6.42 Å². The minimum Gasteiger partial charge on any atom is -0.481 e. The normalized spacial score (nSPS) is 8.41. The summed E-state index contributed by atoms with van der Waals surface area (Å²) in [6.45, 7) is 8.12. The molecule has 0 atom stereocenters. The molecule has 0 unspecified atom stereocenters. The molecule has 0 fully saturated rings. The molecule has 6 heteroatoms. The van der Waals surface area contributed by atoms with Crippen LogP contribution in [0.5, 0.6) is 0 Å². The van der Waals surface area contributed by atoms with Crippen molar-refractivity contribution >= 4 is 17.9 Å². The van der Waals surface area contributed by atoms with Gasteiger partial charge in [0.2, 0.25) is 0 Å². The Balaban J connectivity index is -0.000000298. The molecule has 0 aliphatic heterocycles. The summed E-state index contributed by atoms with van der Waals surface area (Å²) in [4.78, 5) is 28.6. The maximum Gasteiger partial charge on any atom is 0.327 e. The Kier molecular flexibility index (Phi) is 24.0. The van der Waals surface area contributed by atoms with E-state index < -0.39 is 17.9 Å². The Labute approximate surface area is 132 Å². The summed E-state index contributed by atoms with van der Waals surface area (Å²) >= 11 is 0. The van der Waals surface area contributed by atoms with Gasteiger partial charge in [-0.25, -0.2) is 9.59 Å². The van der Waals surface area contributed by atoms with Crippen molar-refractivity contribution in [3.05, 3.63) is 25.3 Å². The van der Waals surface area contributed by atoms with E-state index in [2.05, 4.69) is 20.1 Å². The summed E-state index contributed by atoms with van der Waals surface area (Å²) in [5, 5.41) is 23.6. The van der Waals surface area contributed by atoms with Crippen molar-refractivity contribution in [2.75, 3.05) is 0 Å². The van der Waals surface area contributed by atoms with E-state index in [1.54, 1.807) is 0 Å². The summed E-state index contributed by atoms with van der Waals surface area (Å²) in [5.41, 5.74) is 0. The zero-order valence-corrected chi connectivity index (χ0v) is 13.3. The monoisotopic (exact) mass is 316 g/mol. The van der Waals surface area contributed by atoms with Gasteiger partial charge in [0.15, 0.2) is 0 Å². The average molecular weight is 316 g/mol. The molecule has 0 saturated heterocycles. The van der Waals surface area contributed by atoms with Crippen molar-refractivity contribution in [1.29, 1.82) is 0 Å². The Hall–Kier alpha value is -2.11. The summed E-state index contributed by atoms with van der Waals surface area (Å²) in [6.07, 6.45) is 10.3. The molecule has 0 rings (SSSR count). The van der Waals surface area contributed by atoms with E-state index >= 15 is 0 Å². The van der Waals surface area contributed by atoms with Crippen molar-refractivity contribution in [3.8, 4) is 0 Å². The molecule has 22 heavy (non-hydrogen) atoms. The quantitative estimate of drug-likeness (QED) is 0.418. The number of carbonyl (C=O) groups is 3. The van der Waals surface area contributed by atoms with Crippen molar-refractivity contribution in [2.24, 2.45) is 0 Å². The number of hydrogen-bond donors (Lipinski definition) is 3. The van der Waals surface area contributed by atoms with Gasteiger partial charge in [0, 0.05) is 18.6 Å². The number of rotatable bonds is 10. The Morgan fingerprint density at radius 2 is 1.09 bits per heavy atom. The Bertz CT molecular complexity index is 305. The Morgan fingerprint density at radius 3 is 1.36 bits per heavy atom. The van der Waals surface area contributed by atoms with Crippen LogP contribution in [-0.4, -0.2) is 33.2 Å². The second kappa shape index (κ2) is 21.2. The second-order valence-corrected chi connectivity index (χ2v) is 4.35. The van der Waals surface area contributed by atoms with Gasteiger partial charge in [0.1, 0.15) is 0 Å². The molecule has 128 valence electrons. The average Bonchev–Trinajstić information content (AvgIpc) is 2.47. The molecule has 0 amide bonds. The topological polar surface area (TPSA) is 112 Å². The molecule has 0 aliphatic carbocycles. The molecule has 0 radical (unpaired) electrons. The van der Waals surface area contributed by atoms with Crippen LogP contribution in [0, 0.1) is 0 Å². The zero-order valence-electron chi connectivity index (χ0n) is 13.3. The van der Waals surface area contributed by atoms with E-state index in [4.69, 9.17) is 15.3 Å². The lowest BCUT2D eigenvalue weighted by molar-refractivity contribution is -0.137. The van der Waals surface area contributed by atoms with Crippen LogP contribution in [0.3, 0.4) is 0 Å². The highest BCUT2D eigenvalue weighted by molar-refractivity contribution is 5.79. The van der Waals surface area contributed by atoms with Crippen molar-refractivity contribution in [1.82, 2.24) is 0 Å². The van der Waals surface area contributed by atoms with Gasteiger partial charge in [-0.1, -0.05) is 58.6 Å². The van der Waals surface area contributed by atoms with Crippen LogP contribution in [0.4, 0.5) is 0 Å². The van der Waals surface area contributed by atoms with Crippen LogP contribution in [0.25, 0.3) is 0 Å². The summed E-state index contributed by atoms with van der Waals surface area (Å²) in [5.74, 6) is -2.63. The molecule has 0 aliphatic rings. The molecule has 0 aromatic rings. The number of aliphatic carboxylic acids is 3. The van der Waals surface area contributed by atoms with Crippen molar-refractivity contribution in [3.63, 3.8) is 0 Å². The van der Waals surface area contributed by atoms with Gasteiger partial charge >= 0.3 is 17.9 Å². The highest BCUT2D eigenvalue weighted by Gasteiger charge is 1.95. The van der Waals surface area contributed by atoms with Crippen LogP contribution in [0.15, 0.2) is 25.3 Å². The fraction of sp³-hybridized carbons (Fsp3) is 0.562. The summed E-state index contributed by atoms with van der Waals surface area (Å²) in [6, 6.07) is 0. The first-order chi connectivity index (χ1) is 10.3. The molecule has 0 heterocycles. The van der Waals surface area contributed by atoms with Crippen LogP contribution in [0.2, 0.25) is 0 Å². The molecule has 0 spiro atoms. The van der Waals surface area contributed by atoms with E-state index in [0.29, 0.717) is 6.42 Å². The lowest BCUT2D eigenvalue weighted by Gasteiger charge is -1.98. The predicted molar refractivity (Wildman–Crippen MR) is 85.9 cm³/mol. The van der Waals surface area contributed by atoms with Crippen molar-refractivity contribution < 1.29 is 29.7 Å². The first kappa shape index (κ1) is 24.9. The molecule has 6 nitrogen and oxygen atoms in total. The highest BCUT2D eigenvalue weighted by Crippen LogP contribution is 2.07. The van der Waals surface area contributed by atoms with Gasteiger partial charge in [-0.2, -0.15) is 0 Å². The van der Waals surface area contributed by atoms with Crippen LogP contribution in [0.1, 0.15) is 58.3 Å². The number of carboxylic acids is 3.